The lowest BCUT2D eigenvalue weighted by molar-refractivity contribution is 0.459. The van der Waals surface area contributed by atoms with E-state index in [1.165, 1.54) is 11.6 Å². The second-order valence-corrected chi connectivity index (χ2v) is 6.81. The number of benzene rings is 1. The van der Waals surface area contributed by atoms with E-state index >= 15 is 0 Å². The molecule has 3 atom stereocenters. The fourth-order valence-electron chi connectivity index (χ4n) is 2.42. The molecule has 2 nitrogen and oxygen atoms in total. The summed E-state index contributed by atoms with van der Waals surface area (Å²) in [5, 5.41) is 3.61. The van der Waals surface area contributed by atoms with Gasteiger partial charge in [-0.15, -0.1) is 0 Å². The van der Waals surface area contributed by atoms with Gasteiger partial charge in [0.05, 0.1) is 0 Å². The van der Waals surface area contributed by atoms with Crippen molar-refractivity contribution in [3.63, 3.8) is 0 Å². The van der Waals surface area contributed by atoms with E-state index in [4.69, 9.17) is 0 Å². The number of aryl methyl sites for hydroxylation is 1. The SMILES string of the molecule is C[C@H](CN[C@@H]1CCCc2cc(F)ccc21)[S@@](C)=O. The van der Waals surface area contributed by atoms with Crippen molar-refractivity contribution in [1.82, 2.24) is 5.32 Å². The lowest BCUT2D eigenvalue weighted by Gasteiger charge is -2.27. The van der Waals surface area contributed by atoms with Gasteiger partial charge in [0, 0.05) is 34.9 Å². The Kier molecular flexibility index (Phi) is 4.51. The van der Waals surface area contributed by atoms with Crippen LogP contribution in [-0.4, -0.2) is 22.3 Å². The Labute approximate surface area is 110 Å². The predicted molar refractivity (Wildman–Crippen MR) is 73.6 cm³/mol. The van der Waals surface area contributed by atoms with Crippen molar-refractivity contribution >= 4 is 10.8 Å². The first-order valence-electron chi connectivity index (χ1n) is 6.42. The average molecular weight is 269 g/mol. The number of hydrogen-bond acceptors (Lipinski definition) is 2. The van der Waals surface area contributed by atoms with Crippen molar-refractivity contribution in [3.8, 4) is 0 Å². The van der Waals surface area contributed by atoms with Gasteiger partial charge in [-0.05, 0) is 49.4 Å². The van der Waals surface area contributed by atoms with E-state index in [9.17, 15) is 8.60 Å². The van der Waals surface area contributed by atoms with Gasteiger partial charge in [-0.1, -0.05) is 6.07 Å². The van der Waals surface area contributed by atoms with Crippen molar-refractivity contribution in [2.45, 2.75) is 37.5 Å². The summed E-state index contributed by atoms with van der Waals surface area (Å²) in [6, 6.07) is 5.33. The molecule has 0 amide bonds. The van der Waals surface area contributed by atoms with Crippen molar-refractivity contribution in [3.05, 3.63) is 35.1 Å². The molecule has 0 aromatic heterocycles. The molecule has 0 heterocycles. The van der Waals surface area contributed by atoms with Gasteiger partial charge in [0.1, 0.15) is 5.82 Å². The Morgan fingerprint density at radius 2 is 2.33 bits per heavy atom. The Hall–Kier alpha value is -0.740. The first-order chi connectivity index (χ1) is 8.58. The summed E-state index contributed by atoms with van der Waals surface area (Å²) in [5.41, 5.74) is 2.32. The smallest absolute Gasteiger partial charge is 0.123 e. The summed E-state index contributed by atoms with van der Waals surface area (Å²) in [6.45, 7) is 2.72. The monoisotopic (exact) mass is 269 g/mol. The zero-order valence-electron chi connectivity index (χ0n) is 10.9. The Morgan fingerprint density at radius 3 is 3.06 bits per heavy atom. The molecule has 0 saturated heterocycles. The maximum absolute atomic E-state index is 13.2. The van der Waals surface area contributed by atoms with Crippen LogP contribution in [0, 0.1) is 5.82 Å². The van der Waals surface area contributed by atoms with Crippen LogP contribution in [0.15, 0.2) is 18.2 Å². The molecule has 0 saturated carbocycles. The second kappa shape index (κ2) is 5.93. The summed E-state index contributed by atoms with van der Waals surface area (Å²) in [6.07, 6.45) is 4.84. The molecule has 18 heavy (non-hydrogen) atoms. The highest BCUT2D eigenvalue weighted by atomic mass is 32.2. The fourth-order valence-corrected chi connectivity index (χ4v) is 2.75. The van der Waals surface area contributed by atoms with Crippen LogP contribution in [0.5, 0.6) is 0 Å². The average Bonchev–Trinajstić information content (AvgIpc) is 2.35. The Balaban J connectivity index is 2.06. The largest absolute Gasteiger partial charge is 0.309 e. The first kappa shape index (κ1) is 13.7. The molecule has 0 aliphatic heterocycles. The van der Waals surface area contributed by atoms with Crippen LogP contribution in [0.1, 0.15) is 36.9 Å². The van der Waals surface area contributed by atoms with E-state index in [1.807, 2.05) is 13.0 Å². The van der Waals surface area contributed by atoms with Gasteiger partial charge in [0.15, 0.2) is 0 Å². The van der Waals surface area contributed by atoms with Gasteiger partial charge in [-0.25, -0.2) is 4.39 Å². The van der Waals surface area contributed by atoms with Crippen LogP contribution in [-0.2, 0) is 17.2 Å². The van der Waals surface area contributed by atoms with E-state index < -0.39 is 10.8 Å². The van der Waals surface area contributed by atoms with Gasteiger partial charge in [0.25, 0.3) is 0 Å². The summed E-state index contributed by atoms with van der Waals surface area (Å²) in [4.78, 5) is 0. The van der Waals surface area contributed by atoms with Crippen LogP contribution < -0.4 is 5.32 Å². The molecule has 1 aliphatic carbocycles. The summed E-state index contributed by atoms with van der Waals surface area (Å²) >= 11 is 0. The fraction of sp³-hybridized carbons (Fsp3) is 0.571. The standard InChI is InChI=1S/C14H20FNOS/c1-10(18(2)17)9-16-14-5-3-4-11-8-12(15)6-7-13(11)14/h6-8,10,14,16H,3-5,9H2,1-2H3/t10-,14-,18-/m1/s1. The number of rotatable bonds is 4. The molecule has 2 rings (SSSR count). The Bertz CT molecular complexity index is 449. The zero-order valence-corrected chi connectivity index (χ0v) is 11.7. The molecule has 4 heteroatoms. The van der Waals surface area contributed by atoms with Crippen LogP contribution in [0.3, 0.4) is 0 Å². The van der Waals surface area contributed by atoms with Crippen molar-refractivity contribution in [2.24, 2.45) is 0 Å². The molecule has 1 aliphatic rings. The highest BCUT2D eigenvalue weighted by molar-refractivity contribution is 7.84. The van der Waals surface area contributed by atoms with Gasteiger partial charge in [0.2, 0.25) is 0 Å². The van der Waals surface area contributed by atoms with Crippen molar-refractivity contribution < 1.29 is 8.60 Å². The molecule has 1 N–H and O–H groups in total. The number of nitrogens with one attached hydrogen (secondary N) is 1. The second-order valence-electron chi connectivity index (χ2n) is 5.01. The highest BCUT2D eigenvalue weighted by Crippen LogP contribution is 2.30. The molecule has 0 unspecified atom stereocenters. The molecule has 100 valence electrons. The minimum atomic E-state index is -0.799. The minimum absolute atomic E-state index is 0.149. The van der Waals surface area contributed by atoms with E-state index in [-0.39, 0.29) is 17.1 Å². The normalized spacial score (nSPS) is 22.3. The van der Waals surface area contributed by atoms with E-state index in [0.717, 1.165) is 31.4 Å². The third kappa shape index (κ3) is 3.18. The molecule has 1 aromatic carbocycles. The summed E-state index contributed by atoms with van der Waals surface area (Å²) in [5.74, 6) is -0.155. The van der Waals surface area contributed by atoms with Gasteiger partial charge in [-0.2, -0.15) is 0 Å². The van der Waals surface area contributed by atoms with Crippen LogP contribution in [0.25, 0.3) is 0 Å². The number of hydrogen-bond donors (Lipinski definition) is 1. The topological polar surface area (TPSA) is 29.1 Å². The molecular formula is C14H20FNOS. The highest BCUT2D eigenvalue weighted by Gasteiger charge is 2.21. The maximum Gasteiger partial charge on any atom is 0.123 e. The lowest BCUT2D eigenvalue weighted by Crippen LogP contribution is -2.32. The van der Waals surface area contributed by atoms with Crippen molar-refractivity contribution in [2.75, 3.05) is 12.8 Å². The summed E-state index contributed by atoms with van der Waals surface area (Å²) in [7, 11) is -0.799. The Morgan fingerprint density at radius 1 is 1.56 bits per heavy atom. The van der Waals surface area contributed by atoms with Crippen LogP contribution >= 0.6 is 0 Å². The third-order valence-corrected chi connectivity index (χ3v) is 4.94. The lowest BCUT2D eigenvalue weighted by atomic mass is 9.87. The molecule has 0 radical (unpaired) electrons. The maximum atomic E-state index is 13.2. The van der Waals surface area contributed by atoms with E-state index in [2.05, 4.69) is 5.32 Å². The predicted octanol–water partition coefficient (Wildman–Crippen LogP) is 2.56. The van der Waals surface area contributed by atoms with E-state index in [0.29, 0.717) is 0 Å². The molecular weight excluding hydrogens is 249 g/mol. The van der Waals surface area contributed by atoms with Crippen LogP contribution in [0.2, 0.25) is 0 Å². The third-order valence-electron chi connectivity index (χ3n) is 3.64. The van der Waals surface area contributed by atoms with Gasteiger partial charge < -0.3 is 5.32 Å². The molecule has 1 aromatic rings. The zero-order chi connectivity index (χ0) is 13.1. The van der Waals surface area contributed by atoms with Crippen molar-refractivity contribution in [1.29, 1.82) is 0 Å². The quantitative estimate of drug-likeness (QED) is 0.910. The first-order valence-corrected chi connectivity index (χ1v) is 8.04. The number of halogens is 1. The minimum Gasteiger partial charge on any atom is -0.309 e. The van der Waals surface area contributed by atoms with Gasteiger partial charge >= 0.3 is 0 Å². The molecule has 0 spiro atoms. The van der Waals surface area contributed by atoms with Crippen LogP contribution in [0.4, 0.5) is 4.39 Å². The van der Waals surface area contributed by atoms with Gasteiger partial charge in [-0.3, -0.25) is 4.21 Å². The van der Waals surface area contributed by atoms with E-state index in [1.54, 1.807) is 12.3 Å². The molecule has 0 fully saturated rings. The summed E-state index contributed by atoms with van der Waals surface area (Å²) < 4.78 is 24.5. The molecule has 0 bridgehead atoms. The number of fused-ring (bicyclic) bond motifs is 1.